The lowest BCUT2D eigenvalue weighted by Crippen LogP contribution is -2.44. The lowest BCUT2D eigenvalue weighted by Gasteiger charge is -2.26. The lowest BCUT2D eigenvalue weighted by molar-refractivity contribution is -0.121. The Hall–Kier alpha value is -1.30. The van der Waals surface area contributed by atoms with Crippen LogP contribution in [0, 0.1) is 5.92 Å². The quantitative estimate of drug-likeness (QED) is 0.355. The van der Waals surface area contributed by atoms with Crippen LogP contribution in [-0.4, -0.2) is 63.1 Å². The molecule has 1 heterocycles. The number of carbonyl (C=O) groups is 1. The normalized spacial score (nSPS) is 20.1. The van der Waals surface area contributed by atoms with Gasteiger partial charge >= 0.3 is 0 Å². The molecule has 6 heteroatoms. The number of guanidine groups is 1. The summed E-state index contributed by atoms with van der Waals surface area (Å²) < 4.78 is 0. The molecule has 0 aromatic rings. The molecule has 0 unspecified atom stereocenters. The molecule has 3 N–H and O–H groups in total. The molecular weight excluding hydrogens is 302 g/mol. The second kappa shape index (κ2) is 11.3. The van der Waals surface area contributed by atoms with E-state index in [0.717, 1.165) is 19.0 Å². The Bertz CT molecular complexity index is 387. The van der Waals surface area contributed by atoms with Gasteiger partial charge in [0.15, 0.2) is 5.96 Å². The summed E-state index contributed by atoms with van der Waals surface area (Å²) in [6.45, 7) is 5.78. The summed E-state index contributed by atoms with van der Waals surface area (Å²) in [5, 5.41) is 9.61. The Morgan fingerprint density at radius 3 is 2.33 bits per heavy atom. The summed E-state index contributed by atoms with van der Waals surface area (Å²) in [4.78, 5) is 18.6. The van der Waals surface area contributed by atoms with Gasteiger partial charge in [0, 0.05) is 39.6 Å². The van der Waals surface area contributed by atoms with Crippen molar-refractivity contribution in [3.8, 4) is 0 Å². The number of hydrogen-bond donors (Lipinski definition) is 3. The first-order valence-corrected chi connectivity index (χ1v) is 9.71. The first-order chi connectivity index (χ1) is 11.8. The van der Waals surface area contributed by atoms with Gasteiger partial charge in [-0.3, -0.25) is 9.79 Å². The number of nitrogens with one attached hydrogen (secondary N) is 3. The van der Waals surface area contributed by atoms with Crippen LogP contribution in [0.15, 0.2) is 4.99 Å². The molecule has 1 aliphatic carbocycles. The summed E-state index contributed by atoms with van der Waals surface area (Å²) >= 11 is 0. The van der Waals surface area contributed by atoms with Crippen LogP contribution in [0.1, 0.15) is 51.4 Å². The van der Waals surface area contributed by atoms with Gasteiger partial charge in [-0.25, -0.2) is 0 Å². The van der Waals surface area contributed by atoms with Crippen LogP contribution in [0.3, 0.4) is 0 Å². The van der Waals surface area contributed by atoms with Crippen LogP contribution in [0.25, 0.3) is 0 Å². The minimum Gasteiger partial charge on any atom is -0.355 e. The summed E-state index contributed by atoms with van der Waals surface area (Å²) in [7, 11) is 1.79. The van der Waals surface area contributed by atoms with E-state index in [1.54, 1.807) is 7.05 Å². The van der Waals surface area contributed by atoms with E-state index in [2.05, 4.69) is 25.8 Å². The van der Waals surface area contributed by atoms with Crippen LogP contribution in [0.5, 0.6) is 0 Å². The number of nitrogens with zero attached hydrogens (tertiary/aromatic N) is 2. The summed E-state index contributed by atoms with van der Waals surface area (Å²) in [6.07, 6.45) is 9.75. The molecule has 2 aliphatic rings. The van der Waals surface area contributed by atoms with E-state index in [1.165, 1.54) is 58.0 Å². The van der Waals surface area contributed by atoms with E-state index in [9.17, 15) is 4.79 Å². The van der Waals surface area contributed by atoms with Crippen molar-refractivity contribution in [2.24, 2.45) is 10.9 Å². The van der Waals surface area contributed by atoms with Crippen molar-refractivity contribution in [3.63, 3.8) is 0 Å². The fraction of sp³-hybridized carbons (Fsp3) is 0.889. The fourth-order valence-corrected chi connectivity index (χ4v) is 3.67. The van der Waals surface area contributed by atoms with Crippen molar-refractivity contribution in [1.82, 2.24) is 20.9 Å². The van der Waals surface area contributed by atoms with Gasteiger partial charge in [-0.05, 0) is 44.7 Å². The monoisotopic (exact) mass is 337 g/mol. The minimum atomic E-state index is 0.191. The highest BCUT2D eigenvalue weighted by Gasteiger charge is 2.17. The zero-order valence-corrected chi connectivity index (χ0v) is 15.3. The standard InChI is InChI=1S/C18H35N5O/c1-19-18(22-11-14-23-12-5-2-6-13-23)21-10-9-20-17(24)15-16-7-3-4-8-16/h16H,2-15H2,1H3,(H,20,24)(H2,19,21,22). The van der Waals surface area contributed by atoms with E-state index in [1.807, 2.05) is 0 Å². The third-order valence-electron chi connectivity index (χ3n) is 5.08. The summed E-state index contributed by atoms with van der Waals surface area (Å²) in [5.74, 6) is 1.62. The zero-order valence-electron chi connectivity index (χ0n) is 15.3. The second-order valence-corrected chi connectivity index (χ2v) is 7.03. The molecule has 1 aliphatic heterocycles. The number of hydrogen-bond acceptors (Lipinski definition) is 3. The van der Waals surface area contributed by atoms with Crippen LogP contribution < -0.4 is 16.0 Å². The van der Waals surface area contributed by atoms with Gasteiger partial charge in [0.1, 0.15) is 0 Å². The second-order valence-electron chi connectivity index (χ2n) is 7.03. The van der Waals surface area contributed by atoms with Crippen molar-refractivity contribution >= 4 is 11.9 Å². The van der Waals surface area contributed by atoms with E-state index < -0.39 is 0 Å². The maximum Gasteiger partial charge on any atom is 0.220 e. The van der Waals surface area contributed by atoms with Crippen LogP contribution >= 0.6 is 0 Å². The van der Waals surface area contributed by atoms with E-state index >= 15 is 0 Å². The SMILES string of the molecule is CN=C(NCCNC(=O)CC1CCCC1)NCCN1CCCCC1. The first-order valence-electron chi connectivity index (χ1n) is 9.71. The molecule has 2 rings (SSSR count). The Kier molecular flexibility index (Phi) is 8.95. The van der Waals surface area contributed by atoms with Crippen molar-refractivity contribution in [1.29, 1.82) is 0 Å². The topological polar surface area (TPSA) is 68.8 Å². The third-order valence-corrected chi connectivity index (χ3v) is 5.08. The highest BCUT2D eigenvalue weighted by molar-refractivity contribution is 5.79. The molecule has 6 nitrogen and oxygen atoms in total. The van der Waals surface area contributed by atoms with Crippen LogP contribution in [0.2, 0.25) is 0 Å². The zero-order chi connectivity index (χ0) is 17.0. The number of rotatable bonds is 8. The van der Waals surface area contributed by atoms with Crippen LogP contribution in [-0.2, 0) is 4.79 Å². The minimum absolute atomic E-state index is 0.191. The van der Waals surface area contributed by atoms with Gasteiger partial charge < -0.3 is 20.9 Å². The lowest BCUT2D eigenvalue weighted by atomic mass is 10.0. The Morgan fingerprint density at radius 1 is 0.958 bits per heavy atom. The molecule has 24 heavy (non-hydrogen) atoms. The maximum absolute atomic E-state index is 11.9. The number of aliphatic imine (C=N–C) groups is 1. The van der Waals surface area contributed by atoms with Crippen molar-refractivity contribution in [2.75, 3.05) is 46.3 Å². The maximum atomic E-state index is 11.9. The number of piperidine rings is 1. The average molecular weight is 338 g/mol. The molecule has 138 valence electrons. The Balaban J connectivity index is 1.48. The highest BCUT2D eigenvalue weighted by atomic mass is 16.1. The van der Waals surface area contributed by atoms with Crippen molar-refractivity contribution in [3.05, 3.63) is 0 Å². The molecule has 0 aromatic heterocycles. The molecule has 1 saturated carbocycles. The molecular formula is C18H35N5O. The highest BCUT2D eigenvalue weighted by Crippen LogP contribution is 2.27. The van der Waals surface area contributed by atoms with Gasteiger partial charge in [0.25, 0.3) is 0 Å². The van der Waals surface area contributed by atoms with Gasteiger partial charge in [-0.15, -0.1) is 0 Å². The molecule has 1 saturated heterocycles. The molecule has 1 amide bonds. The number of amides is 1. The smallest absolute Gasteiger partial charge is 0.220 e. The van der Waals surface area contributed by atoms with Crippen molar-refractivity contribution < 1.29 is 4.79 Å². The van der Waals surface area contributed by atoms with Crippen molar-refractivity contribution in [2.45, 2.75) is 51.4 Å². The van der Waals surface area contributed by atoms with E-state index in [-0.39, 0.29) is 5.91 Å². The van der Waals surface area contributed by atoms with E-state index in [4.69, 9.17) is 0 Å². The predicted molar refractivity (Wildman–Crippen MR) is 99.2 cm³/mol. The average Bonchev–Trinajstić information content (AvgIpc) is 3.11. The van der Waals surface area contributed by atoms with Gasteiger partial charge in [0.05, 0.1) is 0 Å². The van der Waals surface area contributed by atoms with Gasteiger partial charge in [0.2, 0.25) is 5.91 Å². The predicted octanol–water partition coefficient (Wildman–Crippen LogP) is 1.33. The third kappa shape index (κ3) is 7.51. The number of likely N-dealkylation sites (tertiary alicyclic amines) is 1. The Morgan fingerprint density at radius 2 is 1.62 bits per heavy atom. The molecule has 0 atom stereocenters. The number of carbonyl (C=O) groups excluding carboxylic acids is 1. The fourth-order valence-electron chi connectivity index (χ4n) is 3.67. The summed E-state index contributed by atoms with van der Waals surface area (Å²) in [5.41, 5.74) is 0. The van der Waals surface area contributed by atoms with Gasteiger partial charge in [-0.1, -0.05) is 19.3 Å². The van der Waals surface area contributed by atoms with Gasteiger partial charge in [-0.2, -0.15) is 0 Å². The van der Waals surface area contributed by atoms with E-state index in [0.29, 0.717) is 25.4 Å². The molecule has 0 radical (unpaired) electrons. The van der Waals surface area contributed by atoms with Crippen LogP contribution in [0.4, 0.5) is 0 Å². The molecule has 0 spiro atoms. The Labute approximate surface area is 146 Å². The summed E-state index contributed by atoms with van der Waals surface area (Å²) in [6, 6.07) is 0. The molecule has 2 fully saturated rings. The molecule has 0 aromatic carbocycles. The first kappa shape index (κ1) is 19.0. The largest absolute Gasteiger partial charge is 0.355 e. The molecule has 0 bridgehead atoms.